The van der Waals surface area contributed by atoms with Gasteiger partial charge in [0, 0.05) is 53.5 Å². The Balaban J connectivity index is 1.04. The second-order valence-electron chi connectivity index (χ2n) is 20.1. The van der Waals surface area contributed by atoms with Crippen LogP contribution >= 0.6 is 11.3 Å². The molecule has 1 spiro atoms. The van der Waals surface area contributed by atoms with Crippen molar-refractivity contribution >= 4 is 48.6 Å². The van der Waals surface area contributed by atoms with E-state index in [4.69, 9.17) is 0 Å². The Morgan fingerprint density at radius 1 is 0.433 bits per heavy atom. The van der Waals surface area contributed by atoms with Crippen molar-refractivity contribution in [1.29, 1.82) is 0 Å². The van der Waals surface area contributed by atoms with Gasteiger partial charge < -0.3 is 4.90 Å². The van der Waals surface area contributed by atoms with Gasteiger partial charge in [-0.3, -0.25) is 0 Å². The maximum atomic E-state index is 2.70. The molecule has 0 radical (unpaired) electrons. The standard InChI is InChI=1S/C58H51NS/c1-56(2)48-19-7-5-15-44(48)45-25-23-41(33-52(45)56)59(40-14-11-13-37(32-40)43-17-12-18-47-46-16-6-10-22-54(46)60-55(43)47)42-24-26-50-53(34-42)58(51-21-9-8-20-49(51)57(50,3)4)38-28-35-27-36(30-38)31-39(58)29-35/h5-26,32-36,38-39H,27-31H2,1-4H3. The number of rotatable bonds is 4. The third-order valence-corrected chi connectivity index (χ3v) is 17.7. The molecule has 0 unspecified atom stereocenters. The highest BCUT2D eigenvalue weighted by Gasteiger charge is 2.62. The van der Waals surface area contributed by atoms with Gasteiger partial charge >= 0.3 is 0 Å². The molecular weight excluding hydrogens is 743 g/mol. The first kappa shape index (κ1) is 35.3. The van der Waals surface area contributed by atoms with Crippen molar-refractivity contribution in [2.75, 3.05) is 4.90 Å². The summed E-state index contributed by atoms with van der Waals surface area (Å²) in [4.78, 5) is 2.60. The molecule has 1 heterocycles. The molecular formula is C58H51NS. The molecule has 1 nitrogen and oxygen atoms in total. The van der Waals surface area contributed by atoms with E-state index >= 15 is 0 Å². The van der Waals surface area contributed by atoms with Crippen molar-refractivity contribution in [3.8, 4) is 22.3 Å². The van der Waals surface area contributed by atoms with Gasteiger partial charge in [-0.15, -0.1) is 11.3 Å². The van der Waals surface area contributed by atoms with E-state index < -0.39 is 0 Å². The van der Waals surface area contributed by atoms with Crippen LogP contribution in [0.1, 0.15) is 93.2 Å². The fourth-order valence-electron chi connectivity index (χ4n) is 14.1. The van der Waals surface area contributed by atoms with E-state index in [1.165, 1.54) is 108 Å². The van der Waals surface area contributed by atoms with Crippen LogP contribution in [-0.4, -0.2) is 0 Å². The molecule has 4 saturated carbocycles. The van der Waals surface area contributed by atoms with Gasteiger partial charge in [0.15, 0.2) is 0 Å². The number of anilines is 3. The zero-order chi connectivity index (χ0) is 40.1. The van der Waals surface area contributed by atoms with Crippen molar-refractivity contribution < 1.29 is 0 Å². The van der Waals surface area contributed by atoms with Crippen molar-refractivity contribution in [3.63, 3.8) is 0 Å². The van der Waals surface area contributed by atoms with Crippen LogP contribution in [0.15, 0.2) is 152 Å². The average Bonchev–Trinajstić information content (AvgIpc) is 3.75. The molecule has 0 saturated heterocycles. The first-order valence-corrected chi connectivity index (χ1v) is 23.3. The van der Waals surface area contributed by atoms with E-state index in [2.05, 4.69) is 184 Å². The number of thiophene rings is 1. The third-order valence-electron chi connectivity index (χ3n) is 16.5. The van der Waals surface area contributed by atoms with Gasteiger partial charge in [-0.2, -0.15) is 0 Å². The Kier molecular flexibility index (Phi) is 7.26. The molecule has 6 aliphatic rings. The Bertz CT molecular complexity index is 3060. The van der Waals surface area contributed by atoms with Crippen LogP contribution in [0.3, 0.4) is 0 Å². The smallest absolute Gasteiger partial charge is 0.0467 e. The van der Waals surface area contributed by atoms with E-state index in [9.17, 15) is 0 Å². The maximum absolute atomic E-state index is 2.70. The Labute approximate surface area is 358 Å². The predicted molar refractivity (Wildman–Crippen MR) is 253 cm³/mol. The lowest BCUT2D eigenvalue weighted by atomic mass is 9.39. The summed E-state index contributed by atoms with van der Waals surface area (Å²) in [6, 6.07) is 58.9. The minimum atomic E-state index is -0.0969. The Hall–Kier alpha value is -5.44. The highest BCUT2D eigenvalue weighted by molar-refractivity contribution is 7.26. The number of nitrogens with zero attached hydrogens (tertiary/aromatic N) is 1. The highest BCUT2D eigenvalue weighted by atomic mass is 32.1. The number of benzene rings is 7. The monoisotopic (exact) mass is 793 g/mol. The van der Waals surface area contributed by atoms with Crippen LogP contribution in [0.2, 0.25) is 0 Å². The van der Waals surface area contributed by atoms with Crippen molar-refractivity contribution in [1.82, 2.24) is 0 Å². The van der Waals surface area contributed by atoms with Crippen molar-refractivity contribution in [2.24, 2.45) is 23.7 Å². The van der Waals surface area contributed by atoms with Gasteiger partial charge in [0.05, 0.1) is 0 Å². The molecule has 0 aliphatic heterocycles. The minimum Gasteiger partial charge on any atom is -0.310 e. The molecule has 0 amide bonds. The Morgan fingerprint density at radius 3 is 1.80 bits per heavy atom. The minimum absolute atomic E-state index is 0.0524. The maximum Gasteiger partial charge on any atom is 0.0467 e. The SMILES string of the molecule is CC1(C)c2ccccc2-c2ccc(N(c3cccc(-c4cccc5c4sc4ccccc45)c3)c3ccc4c(c3)C3(c5ccccc5C4(C)C)C4CC5CC(C4)CC3C5)cc21. The summed E-state index contributed by atoms with van der Waals surface area (Å²) in [6.07, 6.45) is 6.96. The first-order valence-electron chi connectivity index (χ1n) is 22.5. The fourth-order valence-corrected chi connectivity index (χ4v) is 15.3. The zero-order valence-electron chi connectivity index (χ0n) is 35.1. The highest BCUT2D eigenvalue weighted by Crippen LogP contribution is 2.69. The lowest BCUT2D eigenvalue weighted by Crippen LogP contribution is -2.58. The van der Waals surface area contributed by atoms with Crippen LogP contribution < -0.4 is 4.90 Å². The van der Waals surface area contributed by atoms with Gasteiger partial charge in [0.2, 0.25) is 0 Å². The molecule has 1 aromatic heterocycles. The van der Waals surface area contributed by atoms with Gasteiger partial charge in [0.1, 0.15) is 0 Å². The summed E-state index contributed by atoms with van der Waals surface area (Å²) in [5.41, 5.74) is 18.0. The quantitative estimate of drug-likeness (QED) is 0.172. The van der Waals surface area contributed by atoms with Crippen molar-refractivity contribution in [3.05, 3.63) is 185 Å². The van der Waals surface area contributed by atoms with Crippen LogP contribution in [-0.2, 0) is 16.2 Å². The molecule has 60 heavy (non-hydrogen) atoms. The molecule has 7 aromatic carbocycles. The summed E-state index contributed by atoms with van der Waals surface area (Å²) in [5.74, 6) is 3.18. The molecule has 2 heteroatoms. The van der Waals surface area contributed by atoms with Crippen LogP contribution in [0.25, 0.3) is 42.4 Å². The van der Waals surface area contributed by atoms with Crippen molar-refractivity contribution in [2.45, 2.75) is 76.0 Å². The Morgan fingerprint density at radius 2 is 1.00 bits per heavy atom. The van der Waals surface area contributed by atoms with Gasteiger partial charge in [-0.05, 0) is 154 Å². The summed E-state index contributed by atoms with van der Waals surface area (Å²) < 4.78 is 2.70. The van der Waals surface area contributed by atoms with Gasteiger partial charge in [-0.25, -0.2) is 0 Å². The van der Waals surface area contributed by atoms with Crippen LogP contribution in [0.5, 0.6) is 0 Å². The number of hydrogen-bond donors (Lipinski definition) is 0. The molecule has 8 aromatic rings. The van der Waals surface area contributed by atoms with E-state index in [0.717, 1.165) is 11.8 Å². The third kappa shape index (κ3) is 4.64. The lowest BCUT2D eigenvalue weighted by molar-refractivity contribution is -0.0443. The summed E-state index contributed by atoms with van der Waals surface area (Å²) in [6.45, 7) is 9.80. The molecule has 0 atom stereocenters. The summed E-state index contributed by atoms with van der Waals surface area (Å²) >= 11 is 1.92. The molecule has 294 valence electrons. The number of hydrogen-bond acceptors (Lipinski definition) is 2. The number of fused-ring (bicyclic) bond motifs is 8. The van der Waals surface area contributed by atoms with Crippen LogP contribution in [0, 0.1) is 23.7 Å². The largest absolute Gasteiger partial charge is 0.310 e. The van der Waals surface area contributed by atoms with E-state index in [-0.39, 0.29) is 16.2 Å². The molecule has 14 rings (SSSR count). The molecule has 0 N–H and O–H groups in total. The van der Waals surface area contributed by atoms with Crippen LogP contribution in [0.4, 0.5) is 17.1 Å². The topological polar surface area (TPSA) is 3.24 Å². The van der Waals surface area contributed by atoms with E-state index in [1.54, 1.807) is 16.7 Å². The normalized spacial score (nSPS) is 24.7. The van der Waals surface area contributed by atoms with E-state index in [0.29, 0.717) is 11.8 Å². The molecule has 4 bridgehead atoms. The van der Waals surface area contributed by atoms with E-state index in [1.807, 2.05) is 11.3 Å². The predicted octanol–water partition coefficient (Wildman–Crippen LogP) is 15.9. The van der Waals surface area contributed by atoms with Gasteiger partial charge in [-0.1, -0.05) is 137 Å². The second kappa shape index (κ2) is 12.3. The average molecular weight is 794 g/mol. The first-order chi connectivity index (χ1) is 29.2. The molecule has 4 fully saturated rings. The zero-order valence-corrected chi connectivity index (χ0v) is 36.0. The summed E-state index contributed by atoms with van der Waals surface area (Å²) in [7, 11) is 0. The second-order valence-corrected chi connectivity index (χ2v) is 21.2. The fraction of sp³-hybridized carbons (Fsp3) is 0.276. The van der Waals surface area contributed by atoms with Gasteiger partial charge in [0.25, 0.3) is 0 Å². The summed E-state index contributed by atoms with van der Waals surface area (Å²) in [5, 5.41) is 2.69. The lowest BCUT2D eigenvalue weighted by Gasteiger charge is -2.64. The molecule has 6 aliphatic carbocycles.